The van der Waals surface area contributed by atoms with Crippen molar-refractivity contribution in [3.63, 3.8) is 0 Å². The van der Waals surface area contributed by atoms with Crippen molar-refractivity contribution in [3.05, 3.63) is 70.8 Å². The second kappa shape index (κ2) is 12.2. The molecule has 3 rings (SSSR count). The van der Waals surface area contributed by atoms with Crippen LogP contribution in [0.25, 0.3) is 0 Å². The number of carbonyl (C=O) groups excluding carboxylic acids is 1. The number of aliphatic hydroxyl groups excluding tert-OH is 1. The highest BCUT2D eigenvalue weighted by molar-refractivity contribution is 5.85. The Bertz CT molecular complexity index is 763. The molecule has 2 aromatic carbocycles. The van der Waals surface area contributed by atoms with Crippen LogP contribution in [0.4, 0.5) is 0 Å². The lowest BCUT2D eigenvalue weighted by atomic mass is 10.0. The van der Waals surface area contributed by atoms with Crippen LogP contribution in [0.3, 0.4) is 0 Å². The van der Waals surface area contributed by atoms with Crippen molar-refractivity contribution in [2.75, 3.05) is 13.1 Å². The molecule has 0 aliphatic carbocycles. The molecule has 1 heterocycles. The van der Waals surface area contributed by atoms with Crippen molar-refractivity contribution < 1.29 is 9.90 Å². The molecule has 1 aliphatic heterocycles. The van der Waals surface area contributed by atoms with Crippen molar-refractivity contribution in [2.24, 2.45) is 5.73 Å². The second-order valence-corrected chi connectivity index (χ2v) is 7.38. The maximum absolute atomic E-state index is 12.5. The first kappa shape index (κ1) is 25.4. The Labute approximate surface area is 185 Å². The molecule has 4 N–H and O–H groups in total. The molecule has 1 saturated heterocycles. The molecule has 1 amide bonds. The first-order chi connectivity index (χ1) is 13.0. The Morgan fingerprint density at radius 2 is 1.69 bits per heavy atom. The van der Waals surface area contributed by atoms with Gasteiger partial charge in [-0.1, -0.05) is 54.1 Å². The number of rotatable bonds is 6. The minimum atomic E-state index is -0.665. The minimum Gasteiger partial charge on any atom is -0.393 e. The van der Waals surface area contributed by atoms with Crippen molar-refractivity contribution in [3.8, 4) is 0 Å². The number of nitrogens with one attached hydrogen (secondary N) is 1. The van der Waals surface area contributed by atoms with Gasteiger partial charge in [-0.05, 0) is 36.5 Å². The quantitative estimate of drug-likeness (QED) is 0.645. The number of piperidine rings is 1. The van der Waals surface area contributed by atoms with E-state index in [1.54, 1.807) is 0 Å². The normalized spacial score (nSPS) is 15.7. The third kappa shape index (κ3) is 7.28. The van der Waals surface area contributed by atoms with Crippen LogP contribution in [0.2, 0.25) is 0 Å². The predicted octanol–water partition coefficient (Wildman–Crippen LogP) is 3.11. The molecule has 0 radical (unpaired) electrons. The second-order valence-electron chi connectivity index (χ2n) is 7.38. The van der Waals surface area contributed by atoms with E-state index in [1.807, 2.05) is 49.4 Å². The van der Waals surface area contributed by atoms with Gasteiger partial charge in [0.25, 0.3) is 0 Å². The molecule has 1 fully saturated rings. The van der Waals surface area contributed by atoms with Gasteiger partial charge in [-0.3, -0.25) is 9.69 Å². The third-order valence-corrected chi connectivity index (χ3v) is 5.24. The van der Waals surface area contributed by atoms with Gasteiger partial charge in [0, 0.05) is 26.2 Å². The SMILES string of the molecule is Cc1ccc(C(N)C(=O)NCc2ccccc2CN2CCC(O)CC2)cc1.Cl.Cl. The van der Waals surface area contributed by atoms with Gasteiger partial charge in [-0.2, -0.15) is 0 Å². The van der Waals surface area contributed by atoms with Crippen LogP contribution in [0.1, 0.15) is 41.1 Å². The molecular formula is C22H31Cl2N3O2. The van der Waals surface area contributed by atoms with E-state index in [4.69, 9.17) is 5.73 Å². The summed E-state index contributed by atoms with van der Waals surface area (Å²) in [7, 11) is 0. The monoisotopic (exact) mass is 439 g/mol. The number of hydrogen-bond acceptors (Lipinski definition) is 4. The molecule has 7 heteroatoms. The Morgan fingerprint density at radius 1 is 1.10 bits per heavy atom. The number of nitrogens with zero attached hydrogens (tertiary/aromatic N) is 1. The standard InChI is InChI=1S/C22H29N3O2.2ClH/c1-16-6-8-17(9-7-16)21(23)22(27)24-14-18-4-2-3-5-19(18)15-25-12-10-20(26)11-13-25;;/h2-9,20-21,26H,10-15,23H2,1H3,(H,24,27);2*1H. The first-order valence-electron chi connectivity index (χ1n) is 9.60. The van der Waals surface area contributed by atoms with Crippen LogP contribution >= 0.6 is 24.8 Å². The highest BCUT2D eigenvalue weighted by Gasteiger charge is 2.19. The largest absolute Gasteiger partial charge is 0.393 e. The van der Waals surface area contributed by atoms with Gasteiger partial charge in [0.05, 0.1) is 6.10 Å². The van der Waals surface area contributed by atoms with E-state index < -0.39 is 6.04 Å². The Kier molecular flexibility index (Phi) is 10.6. The molecule has 0 spiro atoms. The molecule has 0 aromatic heterocycles. The first-order valence-corrected chi connectivity index (χ1v) is 9.60. The number of nitrogens with two attached hydrogens (primary N) is 1. The van der Waals surface area contributed by atoms with Gasteiger partial charge >= 0.3 is 0 Å². The summed E-state index contributed by atoms with van der Waals surface area (Å²) in [6.07, 6.45) is 1.48. The maximum Gasteiger partial charge on any atom is 0.241 e. The maximum atomic E-state index is 12.5. The Morgan fingerprint density at radius 3 is 2.31 bits per heavy atom. The lowest BCUT2D eigenvalue weighted by Crippen LogP contribution is -2.36. The summed E-state index contributed by atoms with van der Waals surface area (Å²) in [5.74, 6) is -0.172. The van der Waals surface area contributed by atoms with Crippen molar-refractivity contribution >= 4 is 30.7 Å². The van der Waals surface area contributed by atoms with E-state index in [2.05, 4.69) is 16.3 Å². The number of aryl methyl sites for hydroxylation is 1. The summed E-state index contributed by atoms with van der Waals surface area (Å²) in [6.45, 7) is 5.11. The zero-order chi connectivity index (χ0) is 19.2. The number of benzene rings is 2. The molecule has 2 aromatic rings. The zero-order valence-corrected chi connectivity index (χ0v) is 18.3. The molecule has 0 bridgehead atoms. The van der Waals surface area contributed by atoms with Gasteiger partial charge in [-0.15, -0.1) is 24.8 Å². The third-order valence-electron chi connectivity index (χ3n) is 5.24. The molecule has 5 nitrogen and oxygen atoms in total. The number of halogens is 2. The lowest BCUT2D eigenvalue weighted by Gasteiger charge is -2.30. The summed E-state index contributed by atoms with van der Waals surface area (Å²) in [4.78, 5) is 14.8. The highest BCUT2D eigenvalue weighted by atomic mass is 35.5. The van der Waals surface area contributed by atoms with Gasteiger partial charge in [0.1, 0.15) is 6.04 Å². The molecule has 0 saturated carbocycles. The van der Waals surface area contributed by atoms with Crippen molar-refractivity contribution in [2.45, 2.75) is 45.0 Å². The lowest BCUT2D eigenvalue weighted by molar-refractivity contribution is -0.122. The summed E-state index contributed by atoms with van der Waals surface area (Å²) in [6, 6.07) is 15.2. The van der Waals surface area contributed by atoms with E-state index in [9.17, 15) is 9.90 Å². The highest BCUT2D eigenvalue weighted by Crippen LogP contribution is 2.17. The van der Waals surface area contributed by atoms with Gasteiger partial charge < -0.3 is 16.2 Å². The van der Waals surface area contributed by atoms with E-state index in [1.165, 1.54) is 5.56 Å². The molecule has 1 aliphatic rings. The van der Waals surface area contributed by atoms with Crippen LogP contribution < -0.4 is 11.1 Å². The van der Waals surface area contributed by atoms with Gasteiger partial charge in [0.2, 0.25) is 5.91 Å². The van der Waals surface area contributed by atoms with Crippen LogP contribution in [0, 0.1) is 6.92 Å². The summed E-state index contributed by atoms with van der Waals surface area (Å²) < 4.78 is 0. The zero-order valence-electron chi connectivity index (χ0n) is 16.7. The molecule has 1 unspecified atom stereocenters. The van der Waals surface area contributed by atoms with Gasteiger partial charge in [-0.25, -0.2) is 0 Å². The summed E-state index contributed by atoms with van der Waals surface area (Å²) in [5, 5.41) is 12.6. The average Bonchev–Trinajstić information content (AvgIpc) is 2.69. The fourth-order valence-corrected chi connectivity index (χ4v) is 3.42. The minimum absolute atomic E-state index is 0. The van der Waals surface area contributed by atoms with Crippen LogP contribution in [0.5, 0.6) is 0 Å². The van der Waals surface area contributed by atoms with E-state index >= 15 is 0 Å². The summed E-state index contributed by atoms with van der Waals surface area (Å²) >= 11 is 0. The van der Waals surface area contributed by atoms with Crippen molar-refractivity contribution in [1.29, 1.82) is 0 Å². The molecule has 160 valence electrons. The number of likely N-dealkylation sites (tertiary alicyclic amines) is 1. The number of amides is 1. The summed E-state index contributed by atoms with van der Waals surface area (Å²) in [5.41, 5.74) is 10.4. The van der Waals surface area contributed by atoms with Crippen LogP contribution in [-0.4, -0.2) is 35.1 Å². The Hall–Kier alpha value is -1.63. The van der Waals surface area contributed by atoms with E-state index in [0.717, 1.165) is 49.2 Å². The van der Waals surface area contributed by atoms with Gasteiger partial charge in [0.15, 0.2) is 0 Å². The number of carbonyl (C=O) groups is 1. The Balaban J connectivity index is 0.00000210. The number of aliphatic hydroxyl groups is 1. The van der Waals surface area contributed by atoms with Crippen LogP contribution in [-0.2, 0) is 17.9 Å². The van der Waals surface area contributed by atoms with Crippen LogP contribution in [0.15, 0.2) is 48.5 Å². The van der Waals surface area contributed by atoms with Crippen molar-refractivity contribution in [1.82, 2.24) is 10.2 Å². The average molecular weight is 440 g/mol. The molecular weight excluding hydrogens is 409 g/mol. The number of hydrogen-bond donors (Lipinski definition) is 3. The predicted molar refractivity (Wildman–Crippen MR) is 121 cm³/mol. The molecule has 29 heavy (non-hydrogen) atoms. The molecule has 1 atom stereocenters. The van der Waals surface area contributed by atoms with E-state index in [0.29, 0.717) is 6.54 Å². The fourth-order valence-electron chi connectivity index (χ4n) is 3.42. The smallest absolute Gasteiger partial charge is 0.241 e. The van der Waals surface area contributed by atoms with E-state index in [-0.39, 0.29) is 36.8 Å². The topological polar surface area (TPSA) is 78.6 Å². The fraction of sp³-hybridized carbons (Fsp3) is 0.409.